The number of hydrogen-bond donors (Lipinski definition) is 0. The Morgan fingerprint density at radius 1 is 0.500 bits per heavy atom. The average molecular weight is 437 g/mol. The fourth-order valence-electron chi connectivity index (χ4n) is 3.09. The van der Waals surface area contributed by atoms with Crippen LogP contribution in [0.2, 0.25) is 0 Å². The van der Waals surface area contributed by atoms with E-state index in [9.17, 15) is 0 Å². The fourth-order valence-corrected chi connectivity index (χ4v) is 8.01. The van der Waals surface area contributed by atoms with Crippen molar-refractivity contribution in [3.05, 3.63) is 56.0 Å². The first-order chi connectivity index (χ1) is 13.6. The van der Waals surface area contributed by atoms with Crippen LogP contribution in [0.5, 0.6) is 0 Å². The molecule has 4 heterocycles. The van der Waals surface area contributed by atoms with Gasteiger partial charge in [-0.3, -0.25) is 0 Å². The smallest absolute Gasteiger partial charge is 0.135 e. The van der Waals surface area contributed by atoms with Gasteiger partial charge in [-0.25, -0.2) is 19.9 Å². The van der Waals surface area contributed by atoms with Crippen molar-refractivity contribution in [3.63, 3.8) is 0 Å². The van der Waals surface area contributed by atoms with E-state index in [1.807, 2.05) is 12.1 Å². The second-order valence-corrected chi connectivity index (χ2v) is 11.1. The molecule has 2 aromatic heterocycles. The summed E-state index contributed by atoms with van der Waals surface area (Å²) in [6.07, 6.45) is 0. The summed E-state index contributed by atoms with van der Waals surface area (Å²) in [5, 5.41) is 3.96. The zero-order valence-electron chi connectivity index (χ0n) is 14.9. The van der Waals surface area contributed by atoms with Crippen LogP contribution in [0.25, 0.3) is 22.1 Å². The highest BCUT2D eigenvalue weighted by Gasteiger charge is 2.30. The molecule has 0 spiro atoms. The van der Waals surface area contributed by atoms with Gasteiger partial charge in [0.25, 0.3) is 0 Å². The second kappa shape index (κ2) is 6.38. The van der Waals surface area contributed by atoms with Crippen molar-refractivity contribution in [2.45, 2.75) is 34.0 Å². The maximum atomic E-state index is 4.84. The summed E-state index contributed by atoms with van der Waals surface area (Å²) in [7, 11) is 0. The van der Waals surface area contributed by atoms with Gasteiger partial charge < -0.3 is 0 Å². The minimum absolute atomic E-state index is 0.948. The Bertz CT molecular complexity index is 1250. The standard InChI is InChI=1S/C20H12N4S4/c1-9-3-5-11-13(7-9)23-17-15(21-11)25-19(27-17)20-26-16-18(28-20)24-14-8-10(2)4-6-12(14)22-16/h3-8H,1-2H3/b20-19-. The Morgan fingerprint density at radius 2 is 0.857 bits per heavy atom. The van der Waals surface area contributed by atoms with Crippen LogP contribution in [0.15, 0.2) is 65.0 Å². The van der Waals surface area contributed by atoms with Crippen molar-refractivity contribution in [1.29, 1.82) is 0 Å². The first kappa shape index (κ1) is 17.1. The van der Waals surface area contributed by atoms with Crippen LogP contribution < -0.4 is 0 Å². The topological polar surface area (TPSA) is 51.6 Å². The number of aryl methyl sites for hydroxylation is 2. The molecule has 0 saturated heterocycles. The van der Waals surface area contributed by atoms with Crippen LogP contribution in [0.3, 0.4) is 0 Å². The maximum absolute atomic E-state index is 4.84. The Balaban J connectivity index is 1.38. The molecule has 2 aliphatic rings. The quantitative estimate of drug-likeness (QED) is 0.313. The van der Waals surface area contributed by atoms with E-state index >= 15 is 0 Å². The summed E-state index contributed by atoms with van der Waals surface area (Å²) in [6.45, 7) is 4.16. The van der Waals surface area contributed by atoms with Crippen molar-refractivity contribution < 1.29 is 0 Å². The summed E-state index contributed by atoms with van der Waals surface area (Å²) >= 11 is 6.81. The molecule has 0 amide bonds. The van der Waals surface area contributed by atoms with E-state index in [1.54, 1.807) is 47.0 Å². The SMILES string of the molecule is Cc1ccc2nc3c(nc2c1)S/C(=C1/Sc2nc4ccc(C)cc4nc2S1)S3. The first-order valence-electron chi connectivity index (χ1n) is 8.65. The molecule has 0 atom stereocenters. The van der Waals surface area contributed by atoms with E-state index in [2.05, 4.69) is 38.1 Å². The zero-order chi connectivity index (χ0) is 18.8. The van der Waals surface area contributed by atoms with Gasteiger partial charge in [-0.05, 0) is 49.2 Å². The molecule has 0 aliphatic carbocycles. The highest BCUT2D eigenvalue weighted by molar-refractivity contribution is 8.30. The molecule has 0 unspecified atom stereocenters. The predicted molar refractivity (Wildman–Crippen MR) is 119 cm³/mol. The summed E-state index contributed by atoms with van der Waals surface area (Å²) in [5.74, 6) is 0. The Labute approximate surface area is 178 Å². The average Bonchev–Trinajstić information content (AvgIpc) is 3.27. The monoisotopic (exact) mass is 436 g/mol. The van der Waals surface area contributed by atoms with E-state index < -0.39 is 0 Å². The molecule has 0 fully saturated rings. The minimum Gasteiger partial charge on any atom is -0.237 e. The Morgan fingerprint density at radius 3 is 1.25 bits per heavy atom. The molecule has 0 N–H and O–H groups in total. The second-order valence-electron chi connectivity index (χ2n) is 6.64. The van der Waals surface area contributed by atoms with Gasteiger partial charge >= 0.3 is 0 Å². The first-order valence-corrected chi connectivity index (χ1v) is 11.9. The van der Waals surface area contributed by atoms with Gasteiger partial charge in [0.15, 0.2) is 0 Å². The molecule has 4 aromatic rings. The van der Waals surface area contributed by atoms with E-state index in [0.717, 1.165) is 42.2 Å². The lowest BCUT2D eigenvalue weighted by Crippen LogP contribution is -1.88. The molecule has 28 heavy (non-hydrogen) atoms. The van der Waals surface area contributed by atoms with Crippen LogP contribution in [-0.4, -0.2) is 19.9 Å². The van der Waals surface area contributed by atoms with Crippen molar-refractivity contribution in [2.24, 2.45) is 0 Å². The number of fused-ring (bicyclic) bond motifs is 4. The molecular formula is C20H12N4S4. The van der Waals surface area contributed by atoms with Gasteiger partial charge in [0.1, 0.15) is 20.1 Å². The van der Waals surface area contributed by atoms with Gasteiger partial charge in [0.05, 0.1) is 30.5 Å². The van der Waals surface area contributed by atoms with Crippen LogP contribution >= 0.6 is 47.0 Å². The lowest BCUT2D eigenvalue weighted by molar-refractivity contribution is 0.980. The summed E-state index contributed by atoms with van der Waals surface area (Å²) in [4.78, 5) is 19.3. The molecule has 0 radical (unpaired) electrons. The molecule has 8 heteroatoms. The number of rotatable bonds is 0. The maximum Gasteiger partial charge on any atom is 0.135 e. The van der Waals surface area contributed by atoms with E-state index in [4.69, 9.17) is 19.9 Å². The van der Waals surface area contributed by atoms with Crippen molar-refractivity contribution in [2.75, 3.05) is 0 Å². The lowest BCUT2D eigenvalue weighted by Gasteiger charge is -2.00. The number of aromatic nitrogens is 4. The molecular weight excluding hydrogens is 425 g/mol. The normalized spacial score (nSPS) is 18.1. The Hall–Kier alpha value is -1.74. The molecule has 2 aromatic carbocycles. The molecule has 4 nitrogen and oxygen atoms in total. The third-order valence-electron chi connectivity index (χ3n) is 4.44. The van der Waals surface area contributed by atoms with Crippen LogP contribution in [-0.2, 0) is 0 Å². The van der Waals surface area contributed by atoms with Crippen molar-refractivity contribution in [1.82, 2.24) is 19.9 Å². The Kier molecular flexibility index (Phi) is 3.91. The molecule has 136 valence electrons. The predicted octanol–water partition coefficient (Wildman–Crippen LogP) is 6.41. The lowest BCUT2D eigenvalue weighted by atomic mass is 10.2. The van der Waals surface area contributed by atoms with Crippen LogP contribution in [0, 0.1) is 13.8 Å². The number of thioether (sulfide) groups is 4. The van der Waals surface area contributed by atoms with E-state index in [1.165, 1.54) is 19.6 Å². The number of nitrogens with zero attached hydrogens (tertiary/aromatic N) is 4. The van der Waals surface area contributed by atoms with Gasteiger partial charge in [0.2, 0.25) is 0 Å². The third kappa shape index (κ3) is 2.82. The highest BCUT2D eigenvalue weighted by Crippen LogP contribution is 2.60. The van der Waals surface area contributed by atoms with Gasteiger partial charge in [-0.1, -0.05) is 59.2 Å². The molecule has 0 bridgehead atoms. The summed E-state index contributed by atoms with van der Waals surface area (Å²) in [6, 6.07) is 12.4. The minimum atomic E-state index is 0.948. The van der Waals surface area contributed by atoms with Crippen molar-refractivity contribution >= 4 is 69.1 Å². The summed E-state index contributed by atoms with van der Waals surface area (Å²) < 4.78 is 2.44. The number of hydrogen-bond acceptors (Lipinski definition) is 8. The van der Waals surface area contributed by atoms with E-state index in [0.29, 0.717) is 0 Å². The van der Waals surface area contributed by atoms with Crippen LogP contribution in [0.4, 0.5) is 0 Å². The molecule has 2 aliphatic heterocycles. The highest BCUT2D eigenvalue weighted by atomic mass is 32.2. The molecule has 0 saturated carbocycles. The largest absolute Gasteiger partial charge is 0.237 e. The van der Waals surface area contributed by atoms with Crippen molar-refractivity contribution in [3.8, 4) is 0 Å². The van der Waals surface area contributed by atoms with Gasteiger partial charge in [-0.15, -0.1) is 0 Å². The molecule has 6 rings (SSSR count). The van der Waals surface area contributed by atoms with Gasteiger partial charge in [0, 0.05) is 0 Å². The van der Waals surface area contributed by atoms with Crippen LogP contribution in [0.1, 0.15) is 11.1 Å². The summed E-state index contributed by atoms with van der Waals surface area (Å²) in [5.41, 5.74) is 6.21. The van der Waals surface area contributed by atoms with Gasteiger partial charge in [-0.2, -0.15) is 0 Å². The fraction of sp³-hybridized carbons (Fsp3) is 0.100. The van der Waals surface area contributed by atoms with E-state index in [-0.39, 0.29) is 0 Å². The zero-order valence-corrected chi connectivity index (χ0v) is 18.2. The third-order valence-corrected chi connectivity index (χ3v) is 9.69. The number of benzene rings is 2.